The van der Waals surface area contributed by atoms with Crippen LogP contribution in [0.25, 0.3) is 6.08 Å². The average Bonchev–Trinajstić information content (AvgIpc) is 3.28. The minimum absolute atomic E-state index is 0.131. The van der Waals surface area contributed by atoms with Crippen molar-refractivity contribution in [1.82, 2.24) is 9.55 Å². The highest BCUT2D eigenvalue weighted by Gasteiger charge is 2.33. The summed E-state index contributed by atoms with van der Waals surface area (Å²) in [6, 6.07) is 16.3. The van der Waals surface area contributed by atoms with Gasteiger partial charge in [0.2, 0.25) is 5.88 Å². The molecule has 0 aliphatic carbocycles. The maximum absolute atomic E-state index is 13.8. The van der Waals surface area contributed by atoms with Gasteiger partial charge in [-0.2, -0.15) is 0 Å². The molecule has 0 radical (unpaired) electrons. The number of allylic oxidation sites excluding steroid dienone is 1. The minimum atomic E-state index is -0.719. The monoisotopic (exact) mass is 586 g/mol. The number of pyridine rings is 1. The maximum Gasteiger partial charge on any atom is 0.338 e. The lowest BCUT2D eigenvalue weighted by Crippen LogP contribution is -2.39. The van der Waals surface area contributed by atoms with E-state index in [1.807, 2.05) is 31.2 Å². The number of hydrogen-bond donors (Lipinski definition) is 0. The van der Waals surface area contributed by atoms with Gasteiger partial charge < -0.3 is 14.2 Å². The van der Waals surface area contributed by atoms with Crippen LogP contribution in [-0.4, -0.2) is 33.7 Å². The molecule has 42 heavy (non-hydrogen) atoms. The molecule has 0 fully saturated rings. The number of nitrogens with zero attached hydrogens (tertiary/aromatic N) is 4. The molecular weight excluding hydrogens is 560 g/mol. The van der Waals surface area contributed by atoms with Gasteiger partial charge in [-0.15, -0.1) is 0 Å². The van der Waals surface area contributed by atoms with E-state index in [2.05, 4.69) is 9.98 Å². The second-order valence-electron chi connectivity index (χ2n) is 9.09. The summed E-state index contributed by atoms with van der Waals surface area (Å²) >= 11 is 1.23. The summed E-state index contributed by atoms with van der Waals surface area (Å²) in [4.78, 5) is 46.2. The smallest absolute Gasteiger partial charge is 0.338 e. The van der Waals surface area contributed by atoms with Gasteiger partial charge in [-0.1, -0.05) is 35.6 Å². The van der Waals surface area contributed by atoms with E-state index < -0.39 is 16.9 Å². The Morgan fingerprint density at radius 1 is 1.05 bits per heavy atom. The maximum atomic E-state index is 13.8. The van der Waals surface area contributed by atoms with Crippen LogP contribution < -0.4 is 24.4 Å². The van der Waals surface area contributed by atoms with E-state index in [4.69, 9.17) is 14.2 Å². The lowest BCUT2D eigenvalue weighted by atomic mass is 9.96. The zero-order chi connectivity index (χ0) is 29.8. The number of ether oxygens (including phenoxy) is 3. The number of carbonyl (C=O) groups is 1. The highest BCUT2D eigenvalue weighted by Crippen LogP contribution is 2.31. The van der Waals surface area contributed by atoms with Crippen molar-refractivity contribution < 1.29 is 23.9 Å². The van der Waals surface area contributed by atoms with E-state index in [1.54, 1.807) is 44.2 Å². The van der Waals surface area contributed by atoms with E-state index in [1.165, 1.54) is 28.0 Å². The predicted octanol–water partition coefficient (Wildman–Crippen LogP) is 4.29. The lowest BCUT2D eigenvalue weighted by Gasteiger charge is -2.24. The van der Waals surface area contributed by atoms with E-state index in [-0.39, 0.29) is 23.7 Å². The fraction of sp³-hybridized carbons (Fsp3) is 0.200. The average molecular weight is 587 g/mol. The molecule has 3 heterocycles. The van der Waals surface area contributed by atoms with Gasteiger partial charge >= 0.3 is 5.97 Å². The van der Waals surface area contributed by atoms with E-state index >= 15 is 0 Å². The fourth-order valence-electron chi connectivity index (χ4n) is 4.47. The molecule has 0 saturated carbocycles. The van der Waals surface area contributed by atoms with Crippen LogP contribution in [0.1, 0.15) is 37.9 Å². The van der Waals surface area contributed by atoms with Crippen LogP contribution in [-0.2, 0) is 9.53 Å². The second kappa shape index (κ2) is 12.2. The second-order valence-corrected chi connectivity index (χ2v) is 10.1. The summed E-state index contributed by atoms with van der Waals surface area (Å²) in [6.07, 6.45) is 2.87. The molecular formula is C30H26N4O7S. The Kier molecular flexibility index (Phi) is 8.25. The Bertz CT molecular complexity index is 1840. The zero-order valence-corrected chi connectivity index (χ0v) is 23.8. The summed E-state index contributed by atoms with van der Waals surface area (Å²) in [5.41, 5.74) is 1.84. The SMILES string of the molecule is CCOC(=O)C1=C(C)N=c2s/c(=C/c3ccc(Oc4ccc([N+](=O)[O-])cn4)cc3)c(=O)n2[C@H]1c1ccc(OCC)cc1. The normalized spacial score (nSPS) is 14.6. The first-order valence-corrected chi connectivity index (χ1v) is 13.9. The zero-order valence-electron chi connectivity index (χ0n) is 23.0. The number of aromatic nitrogens is 2. The first-order valence-electron chi connectivity index (χ1n) is 13.1. The van der Waals surface area contributed by atoms with Gasteiger partial charge in [-0.3, -0.25) is 19.5 Å². The molecule has 12 heteroatoms. The third-order valence-corrected chi connectivity index (χ3v) is 7.34. The van der Waals surface area contributed by atoms with Crippen molar-refractivity contribution in [3.63, 3.8) is 0 Å². The van der Waals surface area contributed by atoms with Gasteiger partial charge in [-0.25, -0.2) is 14.8 Å². The van der Waals surface area contributed by atoms with Crippen LogP contribution in [0.5, 0.6) is 17.4 Å². The molecule has 1 atom stereocenters. The highest BCUT2D eigenvalue weighted by molar-refractivity contribution is 7.07. The molecule has 1 aliphatic rings. The molecule has 214 valence electrons. The van der Waals surface area contributed by atoms with Crippen LogP contribution in [0.15, 0.2) is 87.9 Å². The summed E-state index contributed by atoms with van der Waals surface area (Å²) in [6.45, 7) is 6.07. The van der Waals surface area contributed by atoms with Gasteiger partial charge in [0.25, 0.3) is 11.2 Å². The molecule has 5 rings (SSSR count). The standard InChI is InChI=1S/C30H26N4O7S/c1-4-39-22-13-8-20(9-14-22)27-26(29(36)40-5-2)18(3)32-30-33(27)28(35)24(42-30)16-19-6-11-23(12-7-19)41-25-15-10-21(17-31-25)34(37)38/h6-17,27H,4-5H2,1-3H3/b24-16+/t27-/m0/s1. The molecule has 0 bridgehead atoms. The molecule has 11 nitrogen and oxygen atoms in total. The molecule has 0 spiro atoms. The van der Waals surface area contributed by atoms with Crippen molar-refractivity contribution in [3.05, 3.63) is 119 Å². The number of carbonyl (C=O) groups excluding carboxylic acids is 1. The third kappa shape index (κ3) is 5.84. The molecule has 0 N–H and O–H groups in total. The number of benzene rings is 2. The first kappa shape index (κ1) is 28.4. The third-order valence-electron chi connectivity index (χ3n) is 6.36. The Hall–Kier alpha value is -5.10. The Labute approximate surface area is 243 Å². The van der Waals surface area contributed by atoms with E-state index in [9.17, 15) is 19.7 Å². The van der Waals surface area contributed by atoms with Crippen molar-refractivity contribution >= 4 is 29.1 Å². The molecule has 2 aromatic carbocycles. The van der Waals surface area contributed by atoms with Gasteiger partial charge in [0.15, 0.2) is 4.80 Å². The Morgan fingerprint density at radius 3 is 2.38 bits per heavy atom. The summed E-state index contributed by atoms with van der Waals surface area (Å²) in [7, 11) is 0. The number of hydrogen-bond acceptors (Lipinski definition) is 10. The van der Waals surface area contributed by atoms with Crippen LogP contribution >= 0.6 is 11.3 Å². The van der Waals surface area contributed by atoms with Crippen molar-refractivity contribution in [1.29, 1.82) is 0 Å². The molecule has 1 aliphatic heterocycles. The molecule has 0 unspecified atom stereocenters. The van der Waals surface area contributed by atoms with E-state index in [0.717, 1.165) is 17.3 Å². The van der Waals surface area contributed by atoms with Gasteiger partial charge in [0.05, 0.1) is 40.0 Å². The number of rotatable bonds is 9. The summed E-state index contributed by atoms with van der Waals surface area (Å²) < 4.78 is 18.6. The van der Waals surface area contributed by atoms with Crippen LogP contribution in [0, 0.1) is 10.1 Å². The van der Waals surface area contributed by atoms with Crippen molar-refractivity contribution in [2.45, 2.75) is 26.8 Å². The Balaban J connectivity index is 1.50. The number of nitro groups is 1. The van der Waals surface area contributed by atoms with Crippen molar-refractivity contribution in [3.8, 4) is 17.4 Å². The largest absolute Gasteiger partial charge is 0.494 e. The summed E-state index contributed by atoms with van der Waals surface area (Å²) in [5.74, 6) is 0.845. The molecule has 0 saturated heterocycles. The first-order chi connectivity index (χ1) is 20.3. The predicted molar refractivity (Wildman–Crippen MR) is 155 cm³/mol. The summed E-state index contributed by atoms with van der Waals surface area (Å²) in [5, 5.41) is 10.8. The van der Waals surface area contributed by atoms with Gasteiger partial charge in [0.1, 0.15) is 17.7 Å². The number of fused-ring (bicyclic) bond motifs is 1. The van der Waals surface area contributed by atoms with Crippen LogP contribution in [0.4, 0.5) is 5.69 Å². The quantitative estimate of drug-likeness (QED) is 0.161. The van der Waals surface area contributed by atoms with Gasteiger partial charge in [0, 0.05) is 12.1 Å². The highest BCUT2D eigenvalue weighted by atomic mass is 32.1. The van der Waals surface area contributed by atoms with Crippen molar-refractivity contribution in [2.75, 3.05) is 13.2 Å². The topological polar surface area (TPSA) is 135 Å². The van der Waals surface area contributed by atoms with E-state index in [0.29, 0.717) is 38.7 Å². The van der Waals surface area contributed by atoms with Crippen LogP contribution in [0.2, 0.25) is 0 Å². The van der Waals surface area contributed by atoms with Gasteiger partial charge in [-0.05, 0) is 62.2 Å². The number of esters is 1. The lowest BCUT2D eigenvalue weighted by molar-refractivity contribution is -0.385. The minimum Gasteiger partial charge on any atom is -0.494 e. The molecule has 4 aromatic rings. The Morgan fingerprint density at radius 2 is 1.76 bits per heavy atom. The fourth-order valence-corrected chi connectivity index (χ4v) is 5.51. The molecule has 2 aromatic heterocycles. The molecule has 0 amide bonds. The number of thiazole rings is 1. The van der Waals surface area contributed by atoms with Crippen LogP contribution in [0.3, 0.4) is 0 Å². The van der Waals surface area contributed by atoms with Crippen molar-refractivity contribution in [2.24, 2.45) is 4.99 Å².